The molecule has 2 aromatic carbocycles. The second-order valence-corrected chi connectivity index (χ2v) is 5.08. The number of halogens is 1. The number of rotatable bonds is 2. The first-order valence-corrected chi connectivity index (χ1v) is 6.63. The molecule has 0 aliphatic carbocycles. The second kappa shape index (κ2) is 4.90. The molecule has 0 radical (unpaired) electrons. The highest BCUT2D eigenvalue weighted by Gasteiger charge is 2.14. The fraction of sp³-hybridized carbons (Fsp3) is 0. The first kappa shape index (κ1) is 12.0. The molecule has 0 atom stereocenters. The van der Waals surface area contributed by atoms with Gasteiger partial charge in [-0.3, -0.25) is 5.10 Å². The molecule has 4 heteroatoms. The van der Waals surface area contributed by atoms with Crippen molar-refractivity contribution >= 4 is 15.9 Å². The molecule has 0 saturated carbocycles. The molecule has 1 heterocycles. The molecule has 0 fully saturated rings. The Kier molecular flexibility index (Phi) is 3.09. The highest BCUT2D eigenvalue weighted by molar-refractivity contribution is 9.10. The Morgan fingerprint density at radius 2 is 1.58 bits per heavy atom. The fourth-order valence-corrected chi connectivity index (χ4v) is 2.22. The van der Waals surface area contributed by atoms with Gasteiger partial charge in [-0.05, 0) is 12.1 Å². The Morgan fingerprint density at radius 3 is 2.26 bits per heavy atom. The van der Waals surface area contributed by atoms with Gasteiger partial charge in [-0.15, -0.1) is 0 Å². The molecule has 0 amide bonds. The zero-order valence-corrected chi connectivity index (χ0v) is 11.6. The maximum Gasteiger partial charge on any atom is 0.169 e. The van der Waals surface area contributed by atoms with Crippen LogP contribution in [0.3, 0.4) is 0 Å². The van der Waals surface area contributed by atoms with Crippen molar-refractivity contribution in [3.63, 3.8) is 0 Å². The van der Waals surface area contributed by atoms with Crippen LogP contribution in [0.4, 0.5) is 0 Å². The van der Waals surface area contributed by atoms with E-state index in [1.165, 1.54) is 0 Å². The summed E-state index contributed by atoms with van der Waals surface area (Å²) in [4.78, 5) is 0. The minimum atomic E-state index is 0.175. The zero-order chi connectivity index (χ0) is 13.2. The van der Waals surface area contributed by atoms with Crippen molar-refractivity contribution in [2.75, 3.05) is 0 Å². The molecule has 2 N–H and O–H groups in total. The van der Waals surface area contributed by atoms with E-state index in [1.807, 2.05) is 54.6 Å². The third-order valence-electron chi connectivity index (χ3n) is 2.92. The Morgan fingerprint density at radius 1 is 0.895 bits per heavy atom. The molecule has 1 aromatic heterocycles. The van der Waals surface area contributed by atoms with Crippen LogP contribution in [0.1, 0.15) is 0 Å². The van der Waals surface area contributed by atoms with Gasteiger partial charge in [0.2, 0.25) is 0 Å². The predicted octanol–water partition coefficient (Wildman–Crippen LogP) is 4.21. The van der Waals surface area contributed by atoms with Gasteiger partial charge in [-0.2, -0.15) is 5.10 Å². The quantitative estimate of drug-likeness (QED) is 0.744. The predicted molar refractivity (Wildman–Crippen MR) is 78.8 cm³/mol. The van der Waals surface area contributed by atoms with Gasteiger partial charge in [0.1, 0.15) is 11.4 Å². The molecular weight excluding hydrogens is 304 g/mol. The summed E-state index contributed by atoms with van der Waals surface area (Å²) in [6.07, 6.45) is 0. The largest absolute Gasteiger partial charge is 0.504 e. The van der Waals surface area contributed by atoms with Crippen LogP contribution in [0.2, 0.25) is 0 Å². The molecule has 0 aliphatic heterocycles. The number of hydrogen-bond acceptors (Lipinski definition) is 2. The monoisotopic (exact) mass is 314 g/mol. The van der Waals surface area contributed by atoms with Crippen LogP contribution < -0.4 is 0 Å². The summed E-state index contributed by atoms with van der Waals surface area (Å²) in [5.74, 6) is 0.175. The Bertz CT molecular complexity index is 690. The Hall–Kier alpha value is -2.07. The number of benzene rings is 2. The zero-order valence-electron chi connectivity index (χ0n) is 9.97. The molecule has 0 aliphatic rings. The minimum Gasteiger partial charge on any atom is -0.504 e. The van der Waals surface area contributed by atoms with Crippen LogP contribution in [0.5, 0.6) is 5.75 Å². The van der Waals surface area contributed by atoms with Gasteiger partial charge in [0.25, 0.3) is 0 Å². The average Bonchev–Trinajstić information content (AvgIpc) is 2.83. The maximum absolute atomic E-state index is 10.3. The van der Waals surface area contributed by atoms with E-state index in [0.717, 1.165) is 15.6 Å². The topological polar surface area (TPSA) is 48.9 Å². The van der Waals surface area contributed by atoms with Crippen LogP contribution in [-0.2, 0) is 0 Å². The van der Waals surface area contributed by atoms with E-state index in [9.17, 15) is 5.11 Å². The number of aromatic hydroxyl groups is 1. The number of hydrogen-bond donors (Lipinski definition) is 2. The van der Waals surface area contributed by atoms with Crippen molar-refractivity contribution in [1.82, 2.24) is 10.2 Å². The number of nitrogens with zero attached hydrogens (tertiary/aromatic N) is 1. The van der Waals surface area contributed by atoms with Crippen LogP contribution in [0.15, 0.2) is 59.1 Å². The third-order valence-corrected chi connectivity index (χ3v) is 3.45. The van der Waals surface area contributed by atoms with Gasteiger partial charge in [0, 0.05) is 15.6 Å². The van der Waals surface area contributed by atoms with Gasteiger partial charge >= 0.3 is 0 Å². The summed E-state index contributed by atoms with van der Waals surface area (Å²) >= 11 is 3.39. The normalized spacial score (nSPS) is 10.6. The first-order chi connectivity index (χ1) is 9.25. The van der Waals surface area contributed by atoms with E-state index in [2.05, 4.69) is 26.1 Å². The fourth-order valence-electron chi connectivity index (χ4n) is 1.95. The lowest BCUT2D eigenvalue weighted by molar-refractivity contribution is 0.479. The first-order valence-electron chi connectivity index (χ1n) is 5.84. The van der Waals surface area contributed by atoms with Crippen molar-refractivity contribution in [2.24, 2.45) is 0 Å². The number of H-pyrrole nitrogens is 1. The molecule has 3 nitrogen and oxygen atoms in total. The number of nitrogens with one attached hydrogen (secondary N) is 1. The number of aromatic nitrogens is 2. The van der Waals surface area contributed by atoms with Gasteiger partial charge in [-0.25, -0.2) is 0 Å². The van der Waals surface area contributed by atoms with Crippen molar-refractivity contribution in [3.05, 3.63) is 59.1 Å². The molecule has 94 valence electrons. The number of aromatic amines is 1. The van der Waals surface area contributed by atoms with E-state index >= 15 is 0 Å². The molecule has 3 rings (SSSR count). The average molecular weight is 315 g/mol. The van der Waals surface area contributed by atoms with Crippen LogP contribution in [-0.4, -0.2) is 15.3 Å². The van der Waals surface area contributed by atoms with E-state index in [1.54, 1.807) is 0 Å². The lowest BCUT2D eigenvalue weighted by atomic mass is 10.1. The minimum absolute atomic E-state index is 0.175. The smallest absolute Gasteiger partial charge is 0.169 e. The summed E-state index contributed by atoms with van der Waals surface area (Å²) in [5, 5.41) is 17.4. The molecule has 19 heavy (non-hydrogen) atoms. The summed E-state index contributed by atoms with van der Waals surface area (Å²) in [6.45, 7) is 0. The van der Waals surface area contributed by atoms with E-state index in [0.29, 0.717) is 11.4 Å². The summed E-state index contributed by atoms with van der Waals surface area (Å²) in [7, 11) is 0. The van der Waals surface area contributed by atoms with E-state index in [-0.39, 0.29) is 5.75 Å². The SMILES string of the molecule is Oc1c(-c2ccccc2)n[nH]c1-c1ccc(Br)cc1. The van der Waals surface area contributed by atoms with Gasteiger partial charge in [0.05, 0.1) is 0 Å². The summed E-state index contributed by atoms with van der Waals surface area (Å²) in [5.41, 5.74) is 2.99. The highest BCUT2D eigenvalue weighted by Crippen LogP contribution is 2.35. The van der Waals surface area contributed by atoms with Crippen LogP contribution in [0, 0.1) is 0 Å². The summed E-state index contributed by atoms with van der Waals surface area (Å²) < 4.78 is 0.999. The Balaban J connectivity index is 2.06. The van der Waals surface area contributed by atoms with E-state index in [4.69, 9.17) is 0 Å². The van der Waals surface area contributed by atoms with Crippen LogP contribution in [0.25, 0.3) is 22.5 Å². The molecular formula is C15H11BrN2O. The van der Waals surface area contributed by atoms with Crippen LogP contribution >= 0.6 is 15.9 Å². The standard InChI is InChI=1S/C15H11BrN2O/c16-12-8-6-11(7-9-12)14-15(19)13(17-18-14)10-4-2-1-3-5-10/h1-9,19H,(H,17,18). The van der Waals surface area contributed by atoms with Gasteiger partial charge in [-0.1, -0.05) is 58.4 Å². The molecule has 0 bridgehead atoms. The molecule has 0 saturated heterocycles. The molecule has 3 aromatic rings. The maximum atomic E-state index is 10.3. The van der Waals surface area contributed by atoms with Crippen molar-refractivity contribution in [3.8, 4) is 28.3 Å². The lowest BCUT2D eigenvalue weighted by Crippen LogP contribution is -1.78. The Labute approximate surface area is 119 Å². The van der Waals surface area contributed by atoms with Crippen molar-refractivity contribution in [2.45, 2.75) is 0 Å². The highest BCUT2D eigenvalue weighted by atomic mass is 79.9. The summed E-state index contributed by atoms with van der Waals surface area (Å²) in [6, 6.07) is 17.3. The molecule has 0 unspecified atom stereocenters. The van der Waals surface area contributed by atoms with E-state index < -0.39 is 0 Å². The lowest BCUT2D eigenvalue weighted by Gasteiger charge is -2.00. The van der Waals surface area contributed by atoms with Gasteiger partial charge in [0.15, 0.2) is 5.75 Å². The van der Waals surface area contributed by atoms with Crippen molar-refractivity contribution < 1.29 is 5.11 Å². The van der Waals surface area contributed by atoms with Gasteiger partial charge < -0.3 is 5.11 Å². The molecule has 0 spiro atoms. The second-order valence-electron chi connectivity index (χ2n) is 4.17. The third kappa shape index (κ3) is 2.27. The van der Waals surface area contributed by atoms with Crippen molar-refractivity contribution in [1.29, 1.82) is 0 Å².